The van der Waals surface area contributed by atoms with Crippen LogP contribution in [0.4, 0.5) is 4.39 Å². The monoisotopic (exact) mass is 138 g/mol. The Bertz CT molecular complexity index is 197. The second-order valence-electron chi connectivity index (χ2n) is 2.34. The molecule has 1 aliphatic carbocycles. The summed E-state index contributed by atoms with van der Waals surface area (Å²) >= 11 is 0. The van der Waals surface area contributed by atoms with E-state index in [4.69, 9.17) is 0 Å². The molecular weight excluding hydrogens is 127 g/mol. The number of hydrogen-bond donors (Lipinski definition) is 0. The van der Waals surface area contributed by atoms with Gasteiger partial charge in [0, 0.05) is 0 Å². The van der Waals surface area contributed by atoms with Gasteiger partial charge in [0.15, 0.2) is 0 Å². The van der Waals surface area contributed by atoms with Crippen LogP contribution in [0.25, 0.3) is 0 Å². The van der Waals surface area contributed by atoms with Crippen LogP contribution in [-0.2, 0) is 0 Å². The lowest BCUT2D eigenvalue weighted by molar-refractivity contribution is 0.667. The van der Waals surface area contributed by atoms with Crippen molar-refractivity contribution in [1.29, 1.82) is 0 Å². The van der Waals surface area contributed by atoms with Crippen LogP contribution in [0.3, 0.4) is 0 Å². The van der Waals surface area contributed by atoms with Gasteiger partial charge in [0.1, 0.15) is 5.83 Å². The lowest BCUT2D eigenvalue weighted by Crippen LogP contribution is -1.74. The lowest BCUT2D eigenvalue weighted by Gasteiger charge is -1.94. The number of rotatable bonds is 1. The summed E-state index contributed by atoms with van der Waals surface area (Å²) in [5.74, 6) is -0.150. The second-order valence-corrected chi connectivity index (χ2v) is 2.34. The summed E-state index contributed by atoms with van der Waals surface area (Å²) in [6.07, 6.45) is 8.64. The molecule has 0 nitrogen and oxygen atoms in total. The van der Waals surface area contributed by atoms with Gasteiger partial charge in [0.2, 0.25) is 0 Å². The van der Waals surface area contributed by atoms with Crippen LogP contribution >= 0.6 is 0 Å². The van der Waals surface area contributed by atoms with Gasteiger partial charge < -0.3 is 0 Å². The fourth-order valence-electron chi connectivity index (χ4n) is 0.906. The van der Waals surface area contributed by atoms with Gasteiger partial charge in [-0.1, -0.05) is 24.6 Å². The van der Waals surface area contributed by atoms with E-state index in [0.717, 1.165) is 12.8 Å². The third-order valence-electron chi connectivity index (χ3n) is 1.59. The van der Waals surface area contributed by atoms with Crippen molar-refractivity contribution in [3.05, 3.63) is 35.7 Å². The zero-order valence-electron chi connectivity index (χ0n) is 6.10. The van der Waals surface area contributed by atoms with Crippen LogP contribution in [0.1, 0.15) is 19.8 Å². The molecule has 0 aliphatic heterocycles. The summed E-state index contributed by atoms with van der Waals surface area (Å²) in [4.78, 5) is 0. The summed E-state index contributed by atoms with van der Waals surface area (Å²) in [6.45, 7) is 2.08. The molecule has 0 amide bonds. The zero-order valence-corrected chi connectivity index (χ0v) is 6.10. The van der Waals surface area contributed by atoms with Crippen molar-refractivity contribution in [3.63, 3.8) is 0 Å². The third kappa shape index (κ3) is 1.83. The standard InChI is InChI=1S/C9H11F/c1-2-8-4-3-5-9(10)7-6-8/h3,5-7H,2,4H2,1H3. The molecule has 0 radical (unpaired) electrons. The van der Waals surface area contributed by atoms with Gasteiger partial charge in [-0.15, -0.1) is 0 Å². The molecule has 0 aromatic rings. The fraction of sp³-hybridized carbons (Fsp3) is 0.333. The Labute approximate surface area is 60.7 Å². The van der Waals surface area contributed by atoms with Crippen molar-refractivity contribution >= 4 is 0 Å². The number of hydrogen-bond acceptors (Lipinski definition) is 0. The first-order valence-electron chi connectivity index (χ1n) is 3.54. The molecule has 0 N–H and O–H groups in total. The van der Waals surface area contributed by atoms with Crippen LogP contribution in [-0.4, -0.2) is 0 Å². The first-order valence-corrected chi connectivity index (χ1v) is 3.54. The molecule has 54 valence electrons. The molecule has 0 unspecified atom stereocenters. The summed E-state index contributed by atoms with van der Waals surface area (Å²) in [6, 6.07) is 0. The molecule has 0 aromatic heterocycles. The Morgan fingerprint density at radius 2 is 2.30 bits per heavy atom. The Kier molecular flexibility index (Phi) is 2.43. The van der Waals surface area contributed by atoms with Gasteiger partial charge in [0.05, 0.1) is 0 Å². The molecule has 0 saturated carbocycles. The molecule has 1 heteroatoms. The molecule has 0 heterocycles. The van der Waals surface area contributed by atoms with Gasteiger partial charge in [-0.2, -0.15) is 0 Å². The van der Waals surface area contributed by atoms with Crippen molar-refractivity contribution in [2.45, 2.75) is 19.8 Å². The van der Waals surface area contributed by atoms with Crippen molar-refractivity contribution in [2.75, 3.05) is 0 Å². The van der Waals surface area contributed by atoms with Gasteiger partial charge in [-0.3, -0.25) is 0 Å². The summed E-state index contributed by atoms with van der Waals surface area (Å²) < 4.78 is 12.5. The minimum atomic E-state index is -0.150. The molecule has 1 aliphatic rings. The molecule has 0 bridgehead atoms. The topological polar surface area (TPSA) is 0 Å². The first-order chi connectivity index (χ1) is 4.83. The average molecular weight is 138 g/mol. The number of halogens is 1. The molecular formula is C9H11F. The van der Waals surface area contributed by atoms with Crippen LogP contribution in [0.15, 0.2) is 35.7 Å². The van der Waals surface area contributed by atoms with Crippen molar-refractivity contribution in [2.24, 2.45) is 0 Å². The van der Waals surface area contributed by atoms with E-state index in [1.54, 1.807) is 0 Å². The molecule has 1 rings (SSSR count). The molecule has 0 atom stereocenters. The highest BCUT2D eigenvalue weighted by atomic mass is 19.1. The SMILES string of the molecule is CCC1=CC=C(F)C=CC1. The third-order valence-corrected chi connectivity index (χ3v) is 1.59. The molecule has 0 saturated heterocycles. The van der Waals surface area contributed by atoms with Crippen molar-refractivity contribution < 1.29 is 4.39 Å². The van der Waals surface area contributed by atoms with E-state index in [-0.39, 0.29) is 5.83 Å². The van der Waals surface area contributed by atoms with E-state index in [1.165, 1.54) is 17.7 Å². The maximum atomic E-state index is 12.5. The van der Waals surface area contributed by atoms with Gasteiger partial charge >= 0.3 is 0 Å². The highest BCUT2D eigenvalue weighted by Gasteiger charge is 1.94. The minimum Gasteiger partial charge on any atom is -0.207 e. The number of allylic oxidation sites excluding steroid dienone is 6. The normalized spacial score (nSPS) is 17.8. The fourth-order valence-corrected chi connectivity index (χ4v) is 0.906. The van der Waals surface area contributed by atoms with E-state index in [2.05, 4.69) is 6.92 Å². The Morgan fingerprint density at radius 1 is 1.50 bits per heavy atom. The molecule has 0 aromatic carbocycles. The minimum absolute atomic E-state index is 0.150. The average Bonchev–Trinajstić information content (AvgIpc) is 2.14. The molecule has 0 spiro atoms. The van der Waals surface area contributed by atoms with Crippen LogP contribution in [0, 0.1) is 0 Å². The second kappa shape index (κ2) is 3.35. The Balaban J connectivity index is 2.74. The van der Waals surface area contributed by atoms with E-state index in [9.17, 15) is 4.39 Å². The summed E-state index contributed by atoms with van der Waals surface area (Å²) in [7, 11) is 0. The van der Waals surface area contributed by atoms with Crippen molar-refractivity contribution in [3.8, 4) is 0 Å². The van der Waals surface area contributed by atoms with E-state index < -0.39 is 0 Å². The maximum Gasteiger partial charge on any atom is 0.122 e. The smallest absolute Gasteiger partial charge is 0.122 e. The summed E-state index contributed by atoms with van der Waals surface area (Å²) in [5.41, 5.74) is 1.28. The predicted molar refractivity (Wildman–Crippen MR) is 41.3 cm³/mol. The predicted octanol–water partition coefficient (Wildman–Crippen LogP) is 3.14. The Morgan fingerprint density at radius 3 is 3.00 bits per heavy atom. The molecule has 10 heavy (non-hydrogen) atoms. The lowest BCUT2D eigenvalue weighted by atomic mass is 10.1. The highest BCUT2D eigenvalue weighted by Crippen LogP contribution is 2.13. The highest BCUT2D eigenvalue weighted by molar-refractivity contribution is 5.26. The summed E-state index contributed by atoms with van der Waals surface area (Å²) in [5, 5.41) is 0. The van der Waals surface area contributed by atoms with Crippen LogP contribution in [0.2, 0.25) is 0 Å². The van der Waals surface area contributed by atoms with Gasteiger partial charge in [-0.25, -0.2) is 4.39 Å². The van der Waals surface area contributed by atoms with Gasteiger partial charge in [-0.05, 0) is 25.0 Å². The van der Waals surface area contributed by atoms with E-state index in [0.29, 0.717) is 0 Å². The van der Waals surface area contributed by atoms with Gasteiger partial charge in [0.25, 0.3) is 0 Å². The molecule has 0 fully saturated rings. The van der Waals surface area contributed by atoms with E-state index in [1.807, 2.05) is 12.2 Å². The van der Waals surface area contributed by atoms with Crippen molar-refractivity contribution in [1.82, 2.24) is 0 Å². The van der Waals surface area contributed by atoms with Crippen LogP contribution in [0.5, 0.6) is 0 Å². The van der Waals surface area contributed by atoms with Crippen LogP contribution < -0.4 is 0 Å². The quantitative estimate of drug-likeness (QED) is 0.522. The maximum absolute atomic E-state index is 12.5. The zero-order chi connectivity index (χ0) is 7.40. The Hall–Kier alpha value is -0.850. The first kappa shape index (κ1) is 7.26. The largest absolute Gasteiger partial charge is 0.207 e. The van der Waals surface area contributed by atoms with E-state index >= 15 is 0 Å².